The minimum Gasteiger partial charge on any atom is -0.495 e. The van der Waals surface area contributed by atoms with Crippen molar-refractivity contribution in [3.63, 3.8) is 0 Å². The maximum Gasteiger partial charge on any atom is 0.401 e. The van der Waals surface area contributed by atoms with Crippen LogP contribution in [-0.4, -0.2) is 50.8 Å². The fourth-order valence-corrected chi connectivity index (χ4v) is 2.11. The van der Waals surface area contributed by atoms with Crippen LogP contribution < -0.4 is 15.8 Å². The Kier molecular flexibility index (Phi) is 10.4. The Morgan fingerprint density at radius 3 is 2.62 bits per heavy atom. The van der Waals surface area contributed by atoms with Gasteiger partial charge in [-0.05, 0) is 38.2 Å². The Hall–Kier alpha value is -0.940. The van der Waals surface area contributed by atoms with Gasteiger partial charge in [0.25, 0.3) is 0 Å². The normalized spacial score (nSPS) is 12.0. The van der Waals surface area contributed by atoms with E-state index in [0.717, 1.165) is 0 Å². The predicted molar refractivity (Wildman–Crippen MR) is 102 cm³/mol. The Labute approximate surface area is 161 Å². The average Bonchev–Trinajstić information content (AvgIpc) is 2.42. The molecule has 0 saturated heterocycles. The van der Waals surface area contributed by atoms with Crippen molar-refractivity contribution in [1.82, 2.24) is 4.90 Å². The summed E-state index contributed by atoms with van der Waals surface area (Å²) in [6, 6.07) is 5.05. The molecule has 0 saturated carbocycles. The van der Waals surface area contributed by atoms with Crippen LogP contribution in [0.25, 0.3) is 0 Å². The molecular weight excluding hydrogens is 460 g/mol. The van der Waals surface area contributed by atoms with E-state index in [-0.39, 0.29) is 36.5 Å². The van der Waals surface area contributed by atoms with Crippen LogP contribution in [0.5, 0.6) is 5.75 Å². The number of methoxy groups -OCH3 is 1. The van der Waals surface area contributed by atoms with Gasteiger partial charge in [0.2, 0.25) is 0 Å². The lowest BCUT2D eigenvalue weighted by Gasteiger charge is -2.17. The van der Waals surface area contributed by atoms with E-state index >= 15 is 0 Å². The molecule has 0 aliphatic heterocycles. The summed E-state index contributed by atoms with van der Waals surface area (Å²) < 4.78 is 41.5. The number of alkyl halides is 3. The topological polar surface area (TPSA) is 62.9 Å². The number of nitrogens with zero attached hydrogens (tertiary/aromatic N) is 2. The first kappa shape index (κ1) is 23.1. The molecule has 0 aliphatic rings. The van der Waals surface area contributed by atoms with Crippen LogP contribution in [-0.2, 0) is 0 Å². The number of aliphatic imine (C=N–C) groups is 1. The van der Waals surface area contributed by atoms with Gasteiger partial charge in [0.1, 0.15) is 5.75 Å². The molecule has 1 rings (SSSR count). The van der Waals surface area contributed by atoms with Gasteiger partial charge in [-0.1, -0.05) is 11.6 Å². The van der Waals surface area contributed by atoms with Crippen molar-refractivity contribution in [2.75, 3.05) is 39.1 Å². The van der Waals surface area contributed by atoms with Gasteiger partial charge >= 0.3 is 6.18 Å². The van der Waals surface area contributed by atoms with Gasteiger partial charge in [-0.3, -0.25) is 9.89 Å². The Bertz CT molecular complexity index is 543. The highest BCUT2D eigenvalue weighted by molar-refractivity contribution is 14.0. The third kappa shape index (κ3) is 9.38. The summed E-state index contributed by atoms with van der Waals surface area (Å²) in [6.45, 7) is -0.329. The lowest BCUT2D eigenvalue weighted by molar-refractivity contribution is -0.143. The lowest BCUT2D eigenvalue weighted by atomic mass is 10.3. The number of anilines is 1. The molecule has 0 aromatic heterocycles. The van der Waals surface area contributed by atoms with Crippen LogP contribution in [0.2, 0.25) is 5.02 Å². The number of nitrogens with two attached hydrogens (primary N) is 1. The van der Waals surface area contributed by atoms with Crippen LogP contribution in [0.4, 0.5) is 18.9 Å². The summed E-state index contributed by atoms with van der Waals surface area (Å²) in [5.74, 6) is 0.713. The zero-order chi connectivity index (χ0) is 17.5. The molecule has 3 N–H and O–H groups in total. The number of ether oxygens (including phenoxy) is 1. The van der Waals surface area contributed by atoms with Gasteiger partial charge in [-0.15, -0.1) is 24.0 Å². The standard InChI is InChI=1S/C14H20ClF3N4O.HI/c1-22(9-14(16,17)18)7-3-6-20-13(19)21-10-4-5-12(23-2)11(15)8-10;/h4-5,8H,3,6-7,9H2,1-2H3,(H3,19,20,21);1H. The molecule has 138 valence electrons. The number of hydrogen-bond donors (Lipinski definition) is 2. The van der Waals surface area contributed by atoms with Crippen LogP contribution in [0, 0.1) is 0 Å². The van der Waals surface area contributed by atoms with E-state index in [0.29, 0.717) is 29.4 Å². The zero-order valence-corrected chi connectivity index (χ0v) is 16.4. The summed E-state index contributed by atoms with van der Waals surface area (Å²) >= 11 is 5.98. The van der Waals surface area contributed by atoms with Gasteiger partial charge in [0, 0.05) is 12.2 Å². The maximum atomic E-state index is 12.2. The monoisotopic (exact) mass is 480 g/mol. The van der Waals surface area contributed by atoms with Crippen molar-refractivity contribution in [3.8, 4) is 5.75 Å². The van der Waals surface area contributed by atoms with Gasteiger partial charge in [0.05, 0.1) is 18.7 Å². The molecule has 0 spiro atoms. The van der Waals surface area contributed by atoms with Crippen LogP contribution >= 0.6 is 35.6 Å². The van der Waals surface area contributed by atoms with E-state index in [9.17, 15) is 13.2 Å². The summed E-state index contributed by atoms with van der Waals surface area (Å²) in [7, 11) is 2.93. The molecule has 0 heterocycles. The summed E-state index contributed by atoms with van der Waals surface area (Å²) in [5.41, 5.74) is 6.36. The van der Waals surface area contributed by atoms with Crippen molar-refractivity contribution in [2.24, 2.45) is 10.7 Å². The summed E-state index contributed by atoms with van der Waals surface area (Å²) in [4.78, 5) is 5.26. The molecule has 0 aliphatic carbocycles. The first-order valence-corrected chi connectivity index (χ1v) is 7.25. The quantitative estimate of drug-likeness (QED) is 0.271. The smallest absolute Gasteiger partial charge is 0.401 e. The van der Waals surface area contributed by atoms with Gasteiger partial charge in [0.15, 0.2) is 5.96 Å². The largest absolute Gasteiger partial charge is 0.495 e. The molecule has 1 aromatic rings. The average molecular weight is 481 g/mol. The number of hydrogen-bond acceptors (Lipinski definition) is 3. The fourth-order valence-electron chi connectivity index (χ4n) is 1.86. The number of nitrogens with one attached hydrogen (secondary N) is 1. The predicted octanol–water partition coefficient (Wildman–Crippen LogP) is 3.58. The number of guanidine groups is 1. The van der Waals surface area contributed by atoms with E-state index in [1.807, 2.05) is 0 Å². The van der Waals surface area contributed by atoms with E-state index in [4.69, 9.17) is 22.1 Å². The second-order valence-electron chi connectivity index (χ2n) is 4.95. The van der Waals surface area contributed by atoms with Crippen LogP contribution in [0.3, 0.4) is 0 Å². The number of rotatable bonds is 7. The summed E-state index contributed by atoms with van der Waals surface area (Å²) in [6.07, 6.45) is -3.72. The molecule has 0 unspecified atom stereocenters. The van der Waals surface area contributed by atoms with Gasteiger partial charge < -0.3 is 15.8 Å². The molecule has 0 radical (unpaired) electrons. The molecule has 5 nitrogen and oxygen atoms in total. The van der Waals surface area contributed by atoms with E-state index in [1.54, 1.807) is 18.2 Å². The highest BCUT2D eigenvalue weighted by Crippen LogP contribution is 2.27. The molecule has 0 fully saturated rings. The van der Waals surface area contributed by atoms with Crippen molar-refractivity contribution < 1.29 is 17.9 Å². The molecular formula is C14H21ClF3IN4O. The molecule has 24 heavy (non-hydrogen) atoms. The third-order valence-electron chi connectivity index (χ3n) is 2.85. The minimum atomic E-state index is -4.19. The second-order valence-corrected chi connectivity index (χ2v) is 5.36. The van der Waals surface area contributed by atoms with Gasteiger partial charge in [-0.2, -0.15) is 13.2 Å². The SMILES string of the molecule is COc1ccc(NC(N)=NCCCN(C)CC(F)(F)F)cc1Cl.I. The number of benzene rings is 1. The zero-order valence-electron chi connectivity index (χ0n) is 13.4. The highest BCUT2D eigenvalue weighted by Gasteiger charge is 2.28. The van der Waals surface area contributed by atoms with E-state index in [1.165, 1.54) is 19.1 Å². The Morgan fingerprint density at radius 1 is 1.42 bits per heavy atom. The Morgan fingerprint density at radius 2 is 2.08 bits per heavy atom. The van der Waals surface area contributed by atoms with Crippen molar-refractivity contribution in [2.45, 2.75) is 12.6 Å². The molecule has 10 heteroatoms. The molecule has 1 aromatic carbocycles. The Balaban J connectivity index is 0.00000529. The van der Waals surface area contributed by atoms with E-state index in [2.05, 4.69) is 10.3 Å². The van der Waals surface area contributed by atoms with Crippen molar-refractivity contribution >= 4 is 47.2 Å². The third-order valence-corrected chi connectivity index (χ3v) is 3.15. The molecule has 0 atom stereocenters. The van der Waals surface area contributed by atoms with Crippen LogP contribution in [0.1, 0.15) is 6.42 Å². The van der Waals surface area contributed by atoms with Crippen molar-refractivity contribution in [1.29, 1.82) is 0 Å². The molecule has 0 bridgehead atoms. The van der Waals surface area contributed by atoms with Gasteiger partial charge in [-0.25, -0.2) is 0 Å². The molecule has 0 amide bonds. The van der Waals surface area contributed by atoms with Crippen molar-refractivity contribution in [3.05, 3.63) is 23.2 Å². The first-order chi connectivity index (χ1) is 10.7. The van der Waals surface area contributed by atoms with Crippen LogP contribution in [0.15, 0.2) is 23.2 Å². The maximum absolute atomic E-state index is 12.2. The fraction of sp³-hybridized carbons (Fsp3) is 0.500. The highest BCUT2D eigenvalue weighted by atomic mass is 127. The summed E-state index contributed by atoms with van der Waals surface area (Å²) in [5, 5.41) is 3.28. The van der Waals surface area contributed by atoms with E-state index < -0.39 is 12.7 Å². The first-order valence-electron chi connectivity index (χ1n) is 6.87. The number of halogens is 5. The second kappa shape index (κ2) is 10.8. The minimum absolute atomic E-state index is 0. The lowest BCUT2D eigenvalue weighted by Crippen LogP contribution is -2.32.